The summed E-state index contributed by atoms with van der Waals surface area (Å²) in [6, 6.07) is 16.1. The zero-order chi connectivity index (χ0) is 21.6. The SMILES string of the molecule is COc1ccc(C(=O)Nc2ccccc2C(=O)NCCN2CCc3sccc3C2)cc1. The average molecular weight is 436 g/mol. The van der Waals surface area contributed by atoms with E-state index in [9.17, 15) is 9.59 Å². The first kappa shape index (κ1) is 21.1. The molecule has 0 bridgehead atoms. The van der Waals surface area contributed by atoms with Gasteiger partial charge in [0.2, 0.25) is 0 Å². The van der Waals surface area contributed by atoms with E-state index in [4.69, 9.17) is 4.74 Å². The Bertz CT molecular complexity index is 1060. The van der Waals surface area contributed by atoms with E-state index in [0.29, 0.717) is 29.1 Å². The van der Waals surface area contributed by atoms with Crippen molar-refractivity contribution in [3.8, 4) is 5.75 Å². The predicted molar refractivity (Wildman–Crippen MR) is 123 cm³/mol. The number of methoxy groups -OCH3 is 1. The van der Waals surface area contributed by atoms with E-state index >= 15 is 0 Å². The summed E-state index contributed by atoms with van der Waals surface area (Å²) < 4.78 is 5.12. The van der Waals surface area contributed by atoms with Crippen LogP contribution in [-0.2, 0) is 13.0 Å². The number of hydrogen-bond donors (Lipinski definition) is 2. The van der Waals surface area contributed by atoms with Crippen molar-refractivity contribution in [2.75, 3.05) is 32.1 Å². The number of amides is 2. The molecule has 0 fully saturated rings. The molecule has 7 heteroatoms. The highest BCUT2D eigenvalue weighted by atomic mass is 32.1. The van der Waals surface area contributed by atoms with Crippen LogP contribution in [-0.4, -0.2) is 43.5 Å². The number of carbonyl (C=O) groups is 2. The number of anilines is 1. The number of thiophene rings is 1. The topological polar surface area (TPSA) is 70.7 Å². The second kappa shape index (κ2) is 9.76. The van der Waals surface area contributed by atoms with Gasteiger partial charge in [-0.3, -0.25) is 14.5 Å². The van der Waals surface area contributed by atoms with Gasteiger partial charge in [-0.05, 0) is 59.8 Å². The van der Waals surface area contributed by atoms with Crippen LogP contribution < -0.4 is 15.4 Å². The molecule has 4 rings (SSSR count). The van der Waals surface area contributed by atoms with Crippen LogP contribution in [0.3, 0.4) is 0 Å². The predicted octanol–water partition coefficient (Wildman–Crippen LogP) is 3.80. The largest absolute Gasteiger partial charge is 0.497 e. The highest BCUT2D eigenvalue weighted by Crippen LogP contribution is 2.23. The van der Waals surface area contributed by atoms with Crippen LogP contribution in [0.4, 0.5) is 5.69 Å². The molecule has 160 valence electrons. The summed E-state index contributed by atoms with van der Waals surface area (Å²) in [5.74, 6) is 0.210. The maximum Gasteiger partial charge on any atom is 0.255 e. The van der Waals surface area contributed by atoms with Gasteiger partial charge in [-0.2, -0.15) is 0 Å². The van der Waals surface area contributed by atoms with Gasteiger partial charge < -0.3 is 15.4 Å². The van der Waals surface area contributed by atoms with E-state index in [0.717, 1.165) is 26.1 Å². The summed E-state index contributed by atoms with van der Waals surface area (Å²) in [4.78, 5) is 29.2. The fourth-order valence-corrected chi connectivity index (χ4v) is 4.54. The van der Waals surface area contributed by atoms with Crippen molar-refractivity contribution in [3.05, 3.63) is 81.5 Å². The van der Waals surface area contributed by atoms with Gasteiger partial charge in [-0.1, -0.05) is 12.1 Å². The van der Waals surface area contributed by atoms with Crippen LogP contribution in [0.25, 0.3) is 0 Å². The quantitative estimate of drug-likeness (QED) is 0.592. The highest BCUT2D eigenvalue weighted by molar-refractivity contribution is 7.10. The standard InChI is InChI=1S/C24H25N3O3S/c1-30-19-8-6-17(7-9-19)23(28)26-21-5-3-2-4-20(21)24(29)25-12-14-27-13-10-22-18(16-27)11-15-31-22/h2-9,11,15H,10,12-14,16H2,1H3,(H,25,29)(H,26,28). The molecule has 0 spiro atoms. The smallest absolute Gasteiger partial charge is 0.255 e. The number of fused-ring (bicyclic) bond motifs is 1. The highest BCUT2D eigenvalue weighted by Gasteiger charge is 2.18. The Balaban J connectivity index is 1.34. The number of benzene rings is 2. The van der Waals surface area contributed by atoms with Gasteiger partial charge in [0.1, 0.15) is 5.75 Å². The van der Waals surface area contributed by atoms with Crippen molar-refractivity contribution in [1.29, 1.82) is 0 Å². The molecule has 0 saturated carbocycles. The first-order valence-electron chi connectivity index (χ1n) is 10.2. The van der Waals surface area contributed by atoms with Crippen LogP contribution in [0.15, 0.2) is 60.0 Å². The summed E-state index contributed by atoms with van der Waals surface area (Å²) in [6.07, 6.45) is 1.07. The van der Waals surface area contributed by atoms with Crippen molar-refractivity contribution < 1.29 is 14.3 Å². The molecule has 1 aromatic heterocycles. The molecule has 0 aliphatic carbocycles. The average Bonchev–Trinajstić information content (AvgIpc) is 3.27. The molecule has 2 heterocycles. The van der Waals surface area contributed by atoms with Gasteiger partial charge in [0, 0.05) is 36.6 Å². The molecule has 3 aromatic rings. The molecule has 2 N–H and O–H groups in total. The number of nitrogens with one attached hydrogen (secondary N) is 2. The Morgan fingerprint density at radius 3 is 2.68 bits per heavy atom. The molecule has 1 aliphatic heterocycles. The van der Waals surface area contributed by atoms with Crippen LogP contribution in [0.5, 0.6) is 5.75 Å². The molecule has 2 aromatic carbocycles. The molecule has 0 unspecified atom stereocenters. The lowest BCUT2D eigenvalue weighted by Gasteiger charge is -2.26. The van der Waals surface area contributed by atoms with Gasteiger partial charge >= 0.3 is 0 Å². The molecule has 6 nitrogen and oxygen atoms in total. The summed E-state index contributed by atoms with van der Waals surface area (Å²) in [7, 11) is 1.58. The lowest BCUT2D eigenvalue weighted by molar-refractivity contribution is 0.0948. The van der Waals surface area contributed by atoms with E-state index in [1.54, 1.807) is 55.6 Å². The fraction of sp³-hybridized carbons (Fsp3) is 0.250. The Labute approximate surface area is 185 Å². The zero-order valence-electron chi connectivity index (χ0n) is 17.4. The number of nitrogens with zero attached hydrogens (tertiary/aromatic N) is 1. The Kier molecular flexibility index (Phi) is 6.64. The zero-order valence-corrected chi connectivity index (χ0v) is 18.2. The number of rotatable bonds is 7. The van der Waals surface area contributed by atoms with Gasteiger partial charge in [-0.15, -0.1) is 11.3 Å². The Hall–Kier alpha value is -3.16. The first-order valence-corrected chi connectivity index (χ1v) is 11.1. The van der Waals surface area contributed by atoms with Gasteiger partial charge in [0.05, 0.1) is 18.4 Å². The molecule has 2 amide bonds. The van der Waals surface area contributed by atoms with E-state index < -0.39 is 0 Å². The maximum absolute atomic E-state index is 12.8. The number of carbonyl (C=O) groups excluding carboxylic acids is 2. The minimum absolute atomic E-state index is 0.195. The maximum atomic E-state index is 12.8. The van der Waals surface area contributed by atoms with Crippen molar-refractivity contribution in [1.82, 2.24) is 10.2 Å². The second-order valence-corrected chi connectivity index (χ2v) is 8.38. The molecule has 31 heavy (non-hydrogen) atoms. The fourth-order valence-electron chi connectivity index (χ4n) is 3.65. The normalized spacial score (nSPS) is 13.3. The lowest BCUT2D eigenvalue weighted by atomic mass is 10.1. The monoisotopic (exact) mass is 435 g/mol. The summed E-state index contributed by atoms with van der Waals surface area (Å²) in [6.45, 7) is 3.29. The van der Waals surface area contributed by atoms with Crippen molar-refractivity contribution in [2.24, 2.45) is 0 Å². The Morgan fingerprint density at radius 1 is 1.06 bits per heavy atom. The summed E-state index contributed by atoms with van der Waals surface area (Å²) >= 11 is 1.82. The lowest BCUT2D eigenvalue weighted by Crippen LogP contribution is -2.37. The third-order valence-electron chi connectivity index (χ3n) is 5.37. The third-order valence-corrected chi connectivity index (χ3v) is 6.40. The first-order chi connectivity index (χ1) is 15.1. The van der Waals surface area contributed by atoms with E-state index in [1.807, 2.05) is 11.3 Å². The van der Waals surface area contributed by atoms with Crippen LogP contribution >= 0.6 is 11.3 Å². The minimum Gasteiger partial charge on any atom is -0.497 e. The van der Waals surface area contributed by atoms with Crippen molar-refractivity contribution in [2.45, 2.75) is 13.0 Å². The van der Waals surface area contributed by atoms with Crippen molar-refractivity contribution >= 4 is 28.8 Å². The van der Waals surface area contributed by atoms with Crippen LogP contribution in [0.1, 0.15) is 31.2 Å². The second-order valence-electron chi connectivity index (χ2n) is 7.38. The Morgan fingerprint density at radius 2 is 1.87 bits per heavy atom. The molecular weight excluding hydrogens is 410 g/mol. The van der Waals surface area contributed by atoms with Crippen molar-refractivity contribution in [3.63, 3.8) is 0 Å². The number of hydrogen-bond acceptors (Lipinski definition) is 5. The molecule has 0 atom stereocenters. The van der Waals surface area contributed by atoms with Gasteiger partial charge in [0.25, 0.3) is 11.8 Å². The molecular formula is C24H25N3O3S. The minimum atomic E-state index is -0.275. The van der Waals surface area contributed by atoms with Crippen LogP contribution in [0, 0.1) is 0 Å². The number of para-hydroxylation sites is 1. The van der Waals surface area contributed by atoms with E-state index in [-0.39, 0.29) is 11.8 Å². The van der Waals surface area contributed by atoms with Gasteiger partial charge in [-0.25, -0.2) is 0 Å². The molecule has 1 aliphatic rings. The molecule has 0 radical (unpaired) electrons. The summed E-state index contributed by atoms with van der Waals surface area (Å²) in [5, 5.41) is 7.98. The van der Waals surface area contributed by atoms with Crippen LogP contribution in [0.2, 0.25) is 0 Å². The van der Waals surface area contributed by atoms with Gasteiger partial charge in [0.15, 0.2) is 0 Å². The molecule has 0 saturated heterocycles. The number of ether oxygens (including phenoxy) is 1. The third kappa shape index (κ3) is 5.13. The van der Waals surface area contributed by atoms with E-state index in [2.05, 4.69) is 27.0 Å². The van der Waals surface area contributed by atoms with E-state index in [1.165, 1.54) is 10.4 Å². The summed E-state index contributed by atoms with van der Waals surface area (Å²) in [5.41, 5.74) is 2.83.